The molecule has 0 aliphatic rings. The molecule has 3 N–H and O–H groups in total. The highest BCUT2D eigenvalue weighted by Gasteiger charge is 2.11. The molecule has 0 bridgehead atoms. The Labute approximate surface area is 62.0 Å². The SMILES string of the molecule is [2H]CC([2H])(C)CC([2H])(C(=O)O)N([2H])[2H]. The minimum absolute atomic E-state index is 0.252. The molecule has 2 unspecified atom stereocenters. The second kappa shape index (κ2) is 3.45. The van der Waals surface area contributed by atoms with Crippen LogP contribution in [0.5, 0.6) is 0 Å². The average Bonchev–Trinajstić information content (AvgIpc) is 2.03. The van der Waals surface area contributed by atoms with Gasteiger partial charge in [-0.25, -0.2) is 0 Å². The normalized spacial score (nSPS) is 32.0. The fourth-order valence-corrected chi connectivity index (χ4v) is 0.361. The topological polar surface area (TPSA) is 63.3 Å². The molecule has 0 saturated heterocycles. The largest absolute Gasteiger partial charge is 0.480 e. The molecule has 0 saturated carbocycles. The molecule has 9 heavy (non-hydrogen) atoms. The number of aliphatic carboxylic acids is 1. The molecule has 0 aromatic rings. The molecule has 2 atom stereocenters. The first kappa shape index (κ1) is 3.01. The van der Waals surface area contributed by atoms with Crippen LogP contribution in [0, 0.1) is 5.89 Å². The molecule has 0 spiro atoms. The molecule has 0 fully saturated rings. The first-order valence-corrected chi connectivity index (χ1v) is 2.46. The molecule has 0 aliphatic carbocycles. The van der Waals surface area contributed by atoms with Gasteiger partial charge in [-0.15, -0.1) is 0 Å². The Morgan fingerprint density at radius 2 is 2.89 bits per heavy atom. The van der Waals surface area contributed by atoms with Crippen LogP contribution in [0.4, 0.5) is 0 Å². The number of nitrogens with two attached hydrogens (primary N) is 1. The van der Waals surface area contributed by atoms with Crippen LogP contribution >= 0.6 is 0 Å². The predicted molar refractivity (Wildman–Crippen MR) is 35.1 cm³/mol. The molecule has 3 nitrogen and oxygen atoms in total. The van der Waals surface area contributed by atoms with E-state index in [9.17, 15) is 4.79 Å². The van der Waals surface area contributed by atoms with Crippen molar-refractivity contribution in [1.29, 1.82) is 0 Å². The summed E-state index contributed by atoms with van der Waals surface area (Å²) in [5.41, 5.74) is -0.252. The standard InChI is InChI=1S/C6H13NO2/c1-4(2)3-5(7)6(8)9/h4-5H,3,7H2,1-2H3,(H,8,9)/i1D,4D,5D/hD2. The van der Waals surface area contributed by atoms with Crippen molar-refractivity contribution in [2.45, 2.75) is 26.3 Å². The van der Waals surface area contributed by atoms with E-state index in [1.54, 1.807) is 0 Å². The summed E-state index contributed by atoms with van der Waals surface area (Å²) in [5, 5.41) is 8.65. The van der Waals surface area contributed by atoms with E-state index in [1.165, 1.54) is 6.92 Å². The summed E-state index contributed by atoms with van der Waals surface area (Å²) in [5.74, 6) is -3.10. The van der Waals surface area contributed by atoms with Gasteiger partial charge in [0.25, 0.3) is 0 Å². The Hall–Kier alpha value is -0.570. The summed E-state index contributed by atoms with van der Waals surface area (Å²) in [6.45, 7) is 0.921. The van der Waals surface area contributed by atoms with E-state index in [0.29, 0.717) is 0 Å². The highest BCUT2D eigenvalue weighted by molar-refractivity contribution is 5.72. The number of carboxylic acids is 1. The van der Waals surface area contributed by atoms with Gasteiger partial charge in [0, 0.05) is 2.74 Å². The van der Waals surface area contributed by atoms with Gasteiger partial charge in [0.2, 0.25) is 0 Å². The summed E-state index contributed by atoms with van der Waals surface area (Å²) < 4.78 is 35.4. The molecule has 0 amide bonds. The van der Waals surface area contributed by atoms with Gasteiger partial charge in [-0.3, -0.25) is 4.79 Å². The van der Waals surface area contributed by atoms with E-state index in [4.69, 9.17) is 12.0 Å². The van der Waals surface area contributed by atoms with Crippen LogP contribution < -0.4 is 5.72 Å². The number of hydrogen-bond donors (Lipinski definition) is 2. The first-order chi connectivity index (χ1) is 6.15. The van der Waals surface area contributed by atoms with Crippen molar-refractivity contribution in [3.8, 4) is 0 Å². The maximum Gasteiger partial charge on any atom is 0.320 e. The summed E-state index contributed by atoms with van der Waals surface area (Å²) in [6.07, 6.45) is -0.564. The lowest BCUT2D eigenvalue weighted by Gasteiger charge is -2.07. The van der Waals surface area contributed by atoms with Gasteiger partial charge >= 0.3 is 5.97 Å². The van der Waals surface area contributed by atoms with Gasteiger partial charge in [-0.2, -0.15) is 0 Å². The minimum Gasteiger partial charge on any atom is -0.480 e. The fraction of sp³-hybridized carbons (Fsp3) is 0.833. The Morgan fingerprint density at radius 3 is 3.22 bits per heavy atom. The molecule has 0 radical (unpaired) electrons. The second-order valence-corrected chi connectivity index (χ2v) is 1.89. The van der Waals surface area contributed by atoms with Crippen LogP contribution in [-0.2, 0) is 4.79 Å². The van der Waals surface area contributed by atoms with Crippen molar-refractivity contribution in [3.05, 3.63) is 0 Å². The summed E-state index contributed by atoms with van der Waals surface area (Å²) in [6, 6.07) is -2.49. The van der Waals surface area contributed by atoms with E-state index in [0.717, 1.165) is 0 Å². The van der Waals surface area contributed by atoms with Gasteiger partial charge in [0.1, 0.15) is 8.84 Å². The summed E-state index contributed by atoms with van der Waals surface area (Å²) in [4.78, 5) is 10.6. The third-order valence-electron chi connectivity index (χ3n) is 0.716. The molecule has 0 heterocycles. The number of rotatable bonds is 4. The number of carbonyl (C=O) groups is 1. The maximum atomic E-state index is 10.6. The third kappa shape index (κ3) is 3.97. The van der Waals surface area contributed by atoms with Crippen LogP contribution in [0.3, 0.4) is 0 Å². The molecular formula is C6H13NO2. The first-order valence-electron chi connectivity index (χ1n) is 5.06. The molecule has 0 aromatic heterocycles. The third-order valence-corrected chi connectivity index (χ3v) is 0.716. The highest BCUT2D eigenvalue weighted by Crippen LogP contribution is 2.01. The van der Waals surface area contributed by atoms with E-state index in [2.05, 4.69) is 0 Å². The van der Waals surface area contributed by atoms with E-state index in [1.807, 2.05) is 0 Å². The zero-order valence-electron chi connectivity index (χ0n) is 10.2. The van der Waals surface area contributed by atoms with Crippen molar-refractivity contribution in [1.82, 2.24) is 0 Å². The molecule has 0 rings (SSSR count). The Kier molecular flexibility index (Phi) is 1.16. The molecule has 0 aliphatic heterocycles. The second-order valence-electron chi connectivity index (χ2n) is 1.89. The maximum absolute atomic E-state index is 10.6. The predicted octanol–water partition coefficient (Wildman–Crippen LogP) is 0.444. The summed E-state index contributed by atoms with van der Waals surface area (Å²) in [7, 11) is 0. The van der Waals surface area contributed by atoms with Gasteiger partial charge < -0.3 is 10.8 Å². The van der Waals surface area contributed by atoms with Crippen LogP contribution in [0.25, 0.3) is 0 Å². The zero-order chi connectivity index (χ0) is 11.6. The van der Waals surface area contributed by atoms with Gasteiger partial charge in [0.05, 0.1) is 1.37 Å². The van der Waals surface area contributed by atoms with Crippen molar-refractivity contribution in [3.63, 3.8) is 0 Å². The smallest absolute Gasteiger partial charge is 0.320 e. The molecule has 54 valence electrons. The average molecular weight is 136 g/mol. The Morgan fingerprint density at radius 1 is 2.22 bits per heavy atom. The van der Waals surface area contributed by atoms with Gasteiger partial charge in [0.15, 0.2) is 0 Å². The monoisotopic (exact) mass is 136 g/mol. The van der Waals surface area contributed by atoms with E-state index in [-0.39, 0.29) is 12.6 Å². The fourth-order valence-electron chi connectivity index (χ4n) is 0.361. The Balaban J connectivity index is 4.79. The van der Waals surface area contributed by atoms with E-state index < -0.39 is 24.3 Å². The Bertz CT molecular complexity index is 222. The van der Waals surface area contributed by atoms with Gasteiger partial charge in [-0.1, -0.05) is 13.8 Å². The molecule has 0 aromatic carbocycles. The number of carboxylic acid groups (broad SMARTS) is 1. The molecular weight excluding hydrogens is 118 g/mol. The number of hydrogen-bond acceptors (Lipinski definition) is 2. The van der Waals surface area contributed by atoms with Gasteiger partial charge in [-0.05, 0) is 12.3 Å². The lowest BCUT2D eigenvalue weighted by atomic mass is 10.1. The van der Waals surface area contributed by atoms with Crippen LogP contribution in [0.15, 0.2) is 0 Å². The lowest BCUT2D eigenvalue weighted by molar-refractivity contribution is -0.138. The van der Waals surface area contributed by atoms with Crippen molar-refractivity contribution in [2.75, 3.05) is 0 Å². The van der Waals surface area contributed by atoms with Crippen LogP contribution in [0.2, 0.25) is 2.82 Å². The van der Waals surface area contributed by atoms with Crippen molar-refractivity contribution >= 4 is 5.97 Å². The quantitative estimate of drug-likeness (QED) is 0.589. The summed E-state index contributed by atoms with van der Waals surface area (Å²) >= 11 is 0. The molecule has 3 heteroatoms. The van der Waals surface area contributed by atoms with Crippen molar-refractivity contribution < 1.29 is 16.8 Å². The lowest BCUT2D eigenvalue weighted by Crippen LogP contribution is -2.31. The minimum atomic E-state index is -2.49. The van der Waals surface area contributed by atoms with Crippen molar-refractivity contribution in [2.24, 2.45) is 11.6 Å². The van der Waals surface area contributed by atoms with E-state index >= 15 is 0 Å². The van der Waals surface area contributed by atoms with Crippen LogP contribution in [-0.4, -0.2) is 17.1 Å². The zero-order valence-corrected chi connectivity index (χ0v) is 5.22. The van der Waals surface area contributed by atoms with Crippen LogP contribution in [0.1, 0.15) is 24.4 Å². The highest BCUT2D eigenvalue weighted by atomic mass is 16.4.